The molecule has 90 valence electrons. The summed E-state index contributed by atoms with van der Waals surface area (Å²) < 4.78 is 1.90. The zero-order valence-corrected chi connectivity index (χ0v) is 10.2. The number of hydrogen-bond donors (Lipinski definition) is 2. The SMILES string of the molecule is CCCNC(=O)NCCn1nc(C)cc1C. The van der Waals surface area contributed by atoms with E-state index in [0.717, 1.165) is 17.8 Å². The fourth-order valence-electron chi connectivity index (χ4n) is 1.48. The van der Waals surface area contributed by atoms with Crippen molar-refractivity contribution in [2.24, 2.45) is 0 Å². The van der Waals surface area contributed by atoms with E-state index in [0.29, 0.717) is 19.6 Å². The summed E-state index contributed by atoms with van der Waals surface area (Å²) >= 11 is 0. The highest BCUT2D eigenvalue weighted by molar-refractivity contribution is 5.73. The smallest absolute Gasteiger partial charge is 0.314 e. The monoisotopic (exact) mass is 224 g/mol. The molecule has 0 saturated heterocycles. The predicted octanol–water partition coefficient (Wildman–Crippen LogP) is 1.21. The quantitative estimate of drug-likeness (QED) is 0.789. The van der Waals surface area contributed by atoms with Crippen molar-refractivity contribution in [3.05, 3.63) is 17.5 Å². The van der Waals surface area contributed by atoms with Gasteiger partial charge in [-0.2, -0.15) is 5.10 Å². The van der Waals surface area contributed by atoms with Gasteiger partial charge in [-0.25, -0.2) is 4.79 Å². The van der Waals surface area contributed by atoms with E-state index < -0.39 is 0 Å². The van der Waals surface area contributed by atoms with Gasteiger partial charge in [-0.15, -0.1) is 0 Å². The fourth-order valence-corrected chi connectivity index (χ4v) is 1.48. The molecular weight excluding hydrogens is 204 g/mol. The van der Waals surface area contributed by atoms with Crippen molar-refractivity contribution in [2.45, 2.75) is 33.7 Å². The maximum Gasteiger partial charge on any atom is 0.314 e. The highest BCUT2D eigenvalue weighted by Gasteiger charge is 2.01. The minimum absolute atomic E-state index is 0.108. The average molecular weight is 224 g/mol. The topological polar surface area (TPSA) is 59.0 Å². The lowest BCUT2D eigenvalue weighted by Gasteiger charge is -2.07. The molecule has 0 bridgehead atoms. The Hall–Kier alpha value is -1.52. The minimum atomic E-state index is -0.108. The zero-order chi connectivity index (χ0) is 12.0. The second-order valence-electron chi connectivity index (χ2n) is 3.83. The largest absolute Gasteiger partial charge is 0.338 e. The number of rotatable bonds is 5. The standard InChI is InChI=1S/C11H20N4O/c1-4-5-12-11(16)13-6-7-15-10(3)8-9(2)14-15/h8H,4-7H2,1-3H3,(H2,12,13,16). The van der Waals surface area contributed by atoms with Crippen LogP contribution in [0.15, 0.2) is 6.07 Å². The third kappa shape index (κ3) is 3.92. The van der Waals surface area contributed by atoms with Crippen LogP contribution in [-0.4, -0.2) is 28.9 Å². The van der Waals surface area contributed by atoms with Gasteiger partial charge in [0.15, 0.2) is 0 Å². The first-order valence-corrected chi connectivity index (χ1v) is 5.66. The lowest BCUT2D eigenvalue weighted by atomic mass is 10.4. The number of nitrogens with zero attached hydrogens (tertiary/aromatic N) is 2. The summed E-state index contributed by atoms with van der Waals surface area (Å²) in [5.74, 6) is 0. The molecule has 1 aromatic heterocycles. The van der Waals surface area contributed by atoms with Crippen LogP contribution in [0.5, 0.6) is 0 Å². The first kappa shape index (κ1) is 12.5. The molecule has 0 aromatic carbocycles. The molecule has 5 heteroatoms. The van der Waals surface area contributed by atoms with Crippen molar-refractivity contribution in [3.63, 3.8) is 0 Å². The van der Waals surface area contributed by atoms with Crippen LogP contribution in [0.25, 0.3) is 0 Å². The lowest BCUT2D eigenvalue weighted by Crippen LogP contribution is -2.37. The van der Waals surface area contributed by atoms with Gasteiger partial charge in [0.25, 0.3) is 0 Å². The second kappa shape index (κ2) is 6.15. The molecule has 2 N–H and O–H groups in total. The molecule has 1 heterocycles. The minimum Gasteiger partial charge on any atom is -0.338 e. The van der Waals surface area contributed by atoms with Gasteiger partial charge in [-0.05, 0) is 26.3 Å². The Balaban J connectivity index is 2.25. The lowest BCUT2D eigenvalue weighted by molar-refractivity contribution is 0.240. The van der Waals surface area contributed by atoms with Crippen molar-refractivity contribution in [1.82, 2.24) is 20.4 Å². The number of aryl methyl sites for hydroxylation is 2. The number of urea groups is 1. The van der Waals surface area contributed by atoms with E-state index in [-0.39, 0.29) is 6.03 Å². The highest BCUT2D eigenvalue weighted by atomic mass is 16.2. The van der Waals surface area contributed by atoms with Crippen LogP contribution in [0, 0.1) is 13.8 Å². The molecule has 0 spiro atoms. The third-order valence-corrected chi connectivity index (χ3v) is 2.25. The van der Waals surface area contributed by atoms with E-state index in [2.05, 4.69) is 15.7 Å². The number of hydrogen-bond acceptors (Lipinski definition) is 2. The fraction of sp³-hybridized carbons (Fsp3) is 0.636. The van der Waals surface area contributed by atoms with Crippen LogP contribution in [0.4, 0.5) is 4.79 Å². The molecule has 1 aromatic rings. The van der Waals surface area contributed by atoms with Crippen LogP contribution >= 0.6 is 0 Å². The second-order valence-corrected chi connectivity index (χ2v) is 3.83. The third-order valence-electron chi connectivity index (χ3n) is 2.25. The van der Waals surface area contributed by atoms with Gasteiger partial charge in [-0.1, -0.05) is 6.92 Å². The van der Waals surface area contributed by atoms with E-state index in [1.807, 2.05) is 31.5 Å². The van der Waals surface area contributed by atoms with E-state index in [1.165, 1.54) is 0 Å². The van der Waals surface area contributed by atoms with Crippen molar-refractivity contribution in [2.75, 3.05) is 13.1 Å². The molecule has 0 atom stereocenters. The number of carbonyl (C=O) groups excluding carboxylic acids is 1. The van der Waals surface area contributed by atoms with E-state index >= 15 is 0 Å². The van der Waals surface area contributed by atoms with Crippen molar-refractivity contribution < 1.29 is 4.79 Å². The van der Waals surface area contributed by atoms with Crippen molar-refractivity contribution in [3.8, 4) is 0 Å². The van der Waals surface area contributed by atoms with Crippen LogP contribution < -0.4 is 10.6 Å². The van der Waals surface area contributed by atoms with E-state index in [9.17, 15) is 4.79 Å². The average Bonchev–Trinajstić information content (AvgIpc) is 2.55. The van der Waals surface area contributed by atoms with Crippen LogP contribution in [0.2, 0.25) is 0 Å². The Morgan fingerprint density at radius 3 is 2.62 bits per heavy atom. The molecule has 0 aliphatic rings. The van der Waals surface area contributed by atoms with E-state index in [1.54, 1.807) is 0 Å². The molecule has 0 saturated carbocycles. The van der Waals surface area contributed by atoms with Gasteiger partial charge in [-0.3, -0.25) is 4.68 Å². The summed E-state index contributed by atoms with van der Waals surface area (Å²) in [6.07, 6.45) is 0.949. The summed E-state index contributed by atoms with van der Waals surface area (Å²) in [6.45, 7) is 8.01. The summed E-state index contributed by atoms with van der Waals surface area (Å²) in [6, 6.07) is 1.92. The number of nitrogens with one attached hydrogen (secondary N) is 2. The Morgan fingerprint density at radius 2 is 2.06 bits per heavy atom. The molecule has 0 fully saturated rings. The van der Waals surface area contributed by atoms with Gasteiger partial charge in [0.05, 0.1) is 12.2 Å². The molecule has 0 radical (unpaired) electrons. The first-order valence-electron chi connectivity index (χ1n) is 5.66. The number of amides is 2. The van der Waals surface area contributed by atoms with Gasteiger partial charge in [0.2, 0.25) is 0 Å². The molecule has 2 amide bonds. The molecule has 0 aliphatic heterocycles. The molecule has 16 heavy (non-hydrogen) atoms. The first-order chi connectivity index (χ1) is 7.63. The summed E-state index contributed by atoms with van der Waals surface area (Å²) in [5.41, 5.74) is 2.13. The summed E-state index contributed by atoms with van der Waals surface area (Å²) in [7, 11) is 0. The highest BCUT2D eigenvalue weighted by Crippen LogP contribution is 2.00. The Labute approximate surface area is 96.2 Å². The maximum absolute atomic E-state index is 11.2. The number of carbonyl (C=O) groups is 1. The Kier molecular flexibility index (Phi) is 4.82. The van der Waals surface area contributed by atoms with Crippen molar-refractivity contribution >= 4 is 6.03 Å². The van der Waals surface area contributed by atoms with Gasteiger partial charge in [0.1, 0.15) is 0 Å². The maximum atomic E-state index is 11.2. The molecule has 0 aliphatic carbocycles. The van der Waals surface area contributed by atoms with Crippen LogP contribution in [0.1, 0.15) is 24.7 Å². The molecule has 0 unspecified atom stereocenters. The van der Waals surface area contributed by atoms with Gasteiger partial charge < -0.3 is 10.6 Å². The van der Waals surface area contributed by atoms with Crippen LogP contribution in [0.3, 0.4) is 0 Å². The van der Waals surface area contributed by atoms with Gasteiger partial charge in [0, 0.05) is 18.8 Å². The van der Waals surface area contributed by atoms with Gasteiger partial charge >= 0.3 is 6.03 Å². The Bertz CT molecular complexity index is 346. The predicted molar refractivity (Wildman–Crippen MR) is 63.4 cm³/mol. The zero-order valence-electron chi connectivity index (χ0n) is 10.2. The summed E-state index contributed by atoms with van der Waals surface area (Å²) in [4.78, 5) is 11.2. The van der Waals surface area contributed by atoms with Crippen LogP contribution in [-0.2, 0) is 6.54 Å². The number of aromatic nitrogens is 2. The molecule has 1 rings (SSSR count). The van der Waals surface area contributed by atoms with Crippen molar-refractivity contribution in [1.29, 1.82) is 0 Å². The Morgan fingerprint density at radius 1 is 1.38 bits per heavy atom. The van der Waals surface area contributed by atoms with E-state index in [4.69, 9.17) is 0 Å². The molecule has 5 nitrogen and oxygen atoms in total. The normalized spacial score (nSPS) is 10.2. The summed E-state index contributed by atoms with van der Waals surface area (Å²) in [5, 5.41) is 9.86. The molecular formula is C11H20N4O.